The second-order valence-corrected chi connectivity index (χ2v) is 5.67. The SMILES string of the molecule is CCCOc1ccc(-c2cc(-c3ccccc3)nc(C(=O)NN)n2)cc1. The molecule has 0 aliphatic heterocycles. The number of rotatable bonds is 6. The first-order valence-electron chi connectivity index (χ1n) is 8.40. The quantitative estimate of drug-likeness (QED) is 0.405. The molecule has 2 aromatic carbocycles. The number of benzene rings is 2. The third kappa shape index (κ3) is 4.04. The number of hydrogen-bond donors (Lipinski definition) is 2. The molecule has 6 heteroatoms. The fourth-order valence-electron chi connectivity index (χ4n) is 2.46. The van der Waals surface area contributed by atoms with Crippen molar-refractivity contribution >= 4 is 5.91 Å². The molecule has 0 radical (unpaired) electrons. The number of nitrogens with two attached hydrogens (primary N) is 1. The van der Waals surface area contributed by atoms with Crippen LogP contribution in [-0.4, -0.2) is 22.5 Å². The van der Waals surface area contributed by atoms with Crippen molar-refractivity contribution in [1.29, 1.82) is 0 Å². The van der Waals surface area contributed by atoms with Crippen LogP contribution in [0.15, 0.2) is 60.7 Å². The van der Waals surface area contributed by atoms with E-state index in [1.54, 1.807) is 0 Å². The number of nitrogen functional groups attached to an aromatic ring is 1. The van der Waals surface area contributed by atoms with Crippen LogP contribution in [0.5, 0.6) is 5.75 Å². The molecule has 0 aliphatic carbocycles. The molecule has 1 aromatic heterocycles. The van der Waals surface area contributed by atoms with E-state index in [0.717, 1.165) is 23.3 Å². The number of amides is 1. The van der Waals surface area contributed by atoms with Crippen molar-refractivity contribution in [3.8, 4) is 28.3 Å². The maximum Gasteiger partial charge on any atom is 0.302 e. The van der Waals surface area contributed by atoms with Crippen LogP contribution in [0.1, 0.15) is 24.0 Å². The third-order valence-electron chi connectivity index (χ3n) is 3.75. The minimum atomic E-state index is -0.535. The Balaban J connectivity index is 2.01. The molecule has 3 aromatic rings. The maximum absolute atomic E-state index is 12.0. The van der Waals surface area contributed by atoms with Crippen molar-refractivity contribution in [2.24, 2.45) is 5.84 Å². The number of aromatic nitrogens is 2. The molecule has 0 unspecified atom stereocenters. The van der Waals surface area contributed by atoms with Crippen LogP contribution in [0.2, 0.25) is 0 Å². The zero-order valence-electron chi connectivity index (χ0n) is 14.5. The Morgan fingerprint density at radius 1 is 1.00 bits per heavy atom. The van der Waals surface area contributed by atoms with Crippen LogP contribution in [0.25, 0.3) is 22.5 Å². The van der Waals surface area contributed by atoms with Crippen molar-refractivity contribution in [3.05, 3.63) is 66.5 Å². The zero-order chi connectivity index (χ0) is 18.4. The van der Waals surface area contributed by atoms with Gasteiger partial charge in [-0.3, -0.25) is 10.2 Å². The Morgan fingerprint density at radius 2 is 1.62 bits per heavy atom. The van der Waals surface area contributed by atoms with Gasteiger partial charge >= 0.3 is 5.91 Å². The first-order valence-corrected chi connectivity index (χ1v) is 8.40. The van der Waals surface area contributed by atoms with Crippen LogP contribution in [-0.2, 0) is 0 Å². The van der Waals surface area contributed by atoms with Crippen molar-refractivity contribution in [2.75, 3.05) is 6.61 Å². The average molecular weight is 348 g/mol. The van der Waals surface area contributed by atoms with Crippen molar-refractivity contribution in [1.82, 2.24) is 15.4 Å². The number of carbonyl (C=O) groups excluding carboxylic acids is 1. The highest BCUT2D eigenvalue weighted by Gasteiger charge is 2.13. The molecule has 0 spiro atoms. The van der Waals surface area contributed by atoms with Gasteiger partial charge in [0.2, 0.25) is 5.82 Å². The molecule has 0 bridgehead atoms. The highest BCUT2D eigenvalue weighted by molar-refractivity contribution is 5.91. The molecule has 1 heterocycles. The van der Waals surface area contributed by atoms with E-state index in [2.05, 4.69) is 22.3 Å². The van der Waals surface area contributed by atoms with Gasteiger partial charge in [0, 0.05) is 11.1 Å². The van der Waals surface area contributed by atoms with Gasteiger partial charge in [-0.2, -0.15) is 0 Å². The Kier molecular flexibility index (Phi) is 5.56. The van der Waals surface area contributed by atoms with Crippen molar-refractivity contribution in [2.45, 2.75) is 13.3 Å². The normalized spacial score (nSPS) is 10.4. The molecule has 6 nitrogen and oxygen atoms in total. The van der Waals surface area contributed by atoms with Gasteiger partial charge in [-0.05, 0) is 36.8 Å². The fraction of sp³-hybridized carbons (Fsp3) is 0.150. The Labute approximate surface area is 152 Å². The molecule has 0 atom stereocenters. The second-order valence-electron chi connectivity index (χ2n) is 5.67. The molecule has 0 fully saturated rings. The monoisotopic (exact) mass is 348 g/mol. The molecule has 0 saturated heterocycles. The van der Waals surface area contributed by atoms with Crippen molar-refractivity contribution < 1.29 is 9.53 Å². The van der Waals surface area contributed by atoms with Crippen LogP contribution in [0.4, 0.5) is 0 Å². The van der Waals surface area contributed by atoms with Crippen LogP contribution >= 0.6 is 0 Å². The largest absolute Gasteiger partial charge is 0.494 e. The lowest BCUT2D eigenvalue weighted by molar-refractivity contribution is 0.0943. The minimum absolute atomic E-state index is 0.0233. The summed E-state index contributed by atoms with van der Waals surface area (Å²) >= 11 is 0. The highest BCUT2D eigenvalue weighted by Crippen LogP contribution is 2.25. The zero-order valence-corrected chi connectivity index (χ0v) is 14.5. The smallest absolute Gasteiger partial charge is 0.302 e. The topological polar surface area (TPSA) is 90.1 Å². The van der Waals surface area contributed by atoms with E-state index in [1.165, 1.54) is 0 Å². The lowest BCUT2D eigenvalue weighted by atomic mass is 10.1. The lowest BCUT2D eigenvalue weighted by Gasteiger charge is -2.09. The molecule has 3 rings (SSSR count). The van der Waals surface area contributed by atoms with E-state index in [1.807, 2.05) is 60.7 Å². The average Bonchev–Trinajstić information content (AvgIpc) is 2.72. The van der Waals surface area contributed by atoms with Gasteiger partial charge in [-0.15, -0.1) is 0 Å². The van der Waals surface area contributed by atoms with E-state index in [0.29, 0.717) is 18.0 Å². The van der Waals surface area contributed by atoms with E-state index in [9.17, 15) is 4.79 Å². The summed E-state index contributed by atoms with van der Waals surface area (Å²) in [6.07, 6.45) is 0.950. The van der Waals surface area contributed by atoms with Crippen LogP contribution in [0, 0.1) is 0 Å². The summed E-state index contributed by atoms with van der Waals surface area (Å²) in [5.41, 5.74) is 5.13. The molecule has 0 saturated carbocycles. The third-order valence-corrected chi connectivity index (χ3v) is 3.75. The fourth-order valence-corrected chi connectivity index (χ4v) is 2.46. The number of ether oxygens (including phenoxy) is 1. The van der Waals surface area contributed by atoms with E-state index < -0.39 is 5.91 Å². The van der Waals surface area contributed by atoms with E-state index in [-0.39, 0.29) is 5.82 Å². The van der Waals surface area contributed by atoms with E-state index >= 15 is 0 Å². The summed E-state index contributed by atoms with van der Waals surface area (Å²) in [5.74, 6) is 5.54. The Morgan fingerprint density at radius 3 is 2.19 bits per heavy atom. The summed E-state index contributed by atoms with van der Waals surface area (Å²) in [6, 6.07) is 19.1. The van der Waals surface area contributed by atoms with Gasteiger partial charge in [-0.25, -0.2) is 15.8 Å². The Bertz CT molecular complexity index is 880. The summed E-state index contributed by atoms with van der Waals surface area (Å²) in [6.45, 7) is 2.73. The molecule has 0 aliphatic rings. The predicted molar refractivity (Wildman–Crippen MR) is 100 cm³/mol. The van der Waals surface area contributed by atoms with Gasteiger partial charge in [-0.1, -0.05) is 37.3 Å². The summed E-state index contributed by atoms with van der Waals surface area (Å²) in [4.78, 5) is 20.6. The van der Waals surface area contributed by atoms with E-state index in [4.69, 9.17) is 10.6 Å². The molecule has 132 valence electrons. The maximum atomic E-state index is 12.0. The Hall–Kier alpha value is -3.25. The molecular weight excluding hydrogens is 328 g/mol. The van der Waals surface area contributed by atoms with Crippen LogP contribution in [0.3, 0.4) is 0 Å². The number of hydrogen-bond acceptors (Lipinski definition) is 5. The molecular formula is C20H20N4O2. The van der Waals surface area contributed by atoms with Gasteiger partial charge in [0.05, 0.1) is 18.0 Å². The molecule has 3 N–H and O–H groups in total. The van der Waals surface area contributed by atoms with Gasteiger partial charge in [0.25, 0.3) is 0 Å². The highest BCUT2D eigenvalue weighted by atomic mass is 16.5. The summed E-state index contributed by atoms with van der Waals surface area (Å²) < 4.78 is 5.61. The standard InChI is InChI=1S/C20H20N4O2/c1-2-12-26-16-10-8-15(9-11-16)18-13-17(14-6-4-3-5-7-14)22-19(23-18)20(25)24-21/h3-11,13H,2,12,21H2,1H3,(H,24,25). The number of nitrogens with zero attached hydrogens (tertiary/aromatic N) is 2. The first-order chi connectivity index (χ1) is 12.7. The molecule has 1 amide bonds. The number of hydrazine groups is 1. The summed E-state index contributed by atoms with van der Waals surface area (Å²) in [7, 11) is 0. The predicted octanol–water partition coefficient (Wildman–Crippen LogP) is 3.20. The van der Waals surface area contributed by atoms with Gasteiger partial charge < -0.3 is 4.74 Å². The number of nitrogens with one attached hydrogen (secondary N) is 1. The first kappa shape index (κ1) is 17.6. The lowest BCUT2D eigenvalue weighted by Crippen LogP contribution is -2.31. The number of carbonyl (C=O) groups is 1. The van der Waals surface area contributed by atoms with Gasteiger partial charge in [0.15, 0.2) is 0 Å². The minimum Gasteiger partial charge on any atom is -0.494 e. The van der Waals surface area contributed by atoms with Crippen LogP contribution < -0.4 is 16.0 Å². The van der Waals surface area contributed by atoms with Crippen molar-refractivity contribution in [3.63, 3.8) is 0 Å². The summed E-state index contributed by atoms with van der Waals surface area (Å²) in [5, 5.41) is 0. The second kappa shape index (κ2) is 8.22. The molecule has 26 heavy (non-hydrogen) atoms. The van der Waals surface area contributed by atoms with Gasteiger partial charge in [0.1, 0.15) is 5.75 Å².